The number of hydrogen-bond donors (Lipinski definition) is 2. The lowest BCUT2D eigenvalue weighted by atomic mass is 9.99. The number of aliphatic hydroxyl groups excluding tert-OH is 1. The molecule has 29 heavy (non-hydrogen) atoms. The molecule has 2 aromatic rings. The maximum atomic E-state index is 12.9. The Hall–Kier alpha value is -2.77. The molecule has 4 atom stereocenters. The van der Waals surface area contributed by atoms with Crippen LogP contribution in [0.5, 0.6) is 5.75 Å². The number of fused-ring (bicyclic) bond motifs is 1. The van der Waals surface area contributed by atoms with Crippen molar-refractivity contribution in [2.75, 3.05) is 27.4 Å². The van der Waals surface area contributed by atoms with Crippen LogP contribution >= 0.6 is 0 Å². The van der Waals surface area contributed by atoms with Crippen molar-refractivity contribution in [3.8, 4) is 5.75 Å². The Labute approximate surface area is 169 Å². The number of aromatic nitrogens is 1. The number of carbonyl (C=O) groups is 2. The van der Waals surface area contributed by atoms with Crippen LogP contribution < -0.4 is 10.1 Å². The Balaban J connectivity index is 1.65. The maximum Gasteiger partial charge on any atom is 0.269 e. The van der Waals surface area contributed by atoms with Crippen LogP contribution in [0.1, 0.15) is 44.6 Å². The van der Waals surface area contributed by atoms with E-state index in [2.05, 4.69) is 10.3 Å². The molecule has 152 valence electrons. The Bertz CT molecular complexity index is 935. The van der Waals surface area contributed by atoms with Crippen LogP contribution in [0.4, 0.5) is 0 Å². The molecule has 1 aliphatic heterocycles. The summed E-state index contributed by atoms with van der Waals surface area (Å²) >= 11 is 0. The fourth-order valence-electron chi connectivity index (χ4n) is 4.14. The fourth-order valence-corrected chi connectivity index (χ4v) is 4.14. The minimum Gasteiger partial charge on any atom is -0.496 e. The summed E-state index contributed by atoms with van der Waals surface area (Å²) in [5, 5.41) is 13.4. The summed E-state index contributed by atoms with van der Waals surface area (Å²) < 4.78 is 10.7. The van der Waals surface area contributed by atoms with Crippen LogP contribution in [0.25, 0.3) is 0 Å². The van der Waals surface area contributed by atoms with Crippen molar-refractivity contribution >= 4 is 11.7 Å². The number of methoxy groups -OCH3 is 1. The van der Waals surface area contributed by atoms with Gasteiger partial charge in [0.2, 0.25) is 0 Å². The van der Waals surface area contributed by atoms with Crippen molar-refractivity contribution in [2.24, 2.45) is 17.8 Å². The van der Waals surface area contributed by atoms with Gasteiger partial charge in [0.1, 0.15) is 17.5 Å². The molecule has 4 rings (SSSR count). The van der Waals surface area contributed by atoms with Gasteiger partial charge in [-0.3, -0.25) is 9.59 Å². The maximum absolute atomic E-state index is 12.9. The van der Waals surface area contributed by atoms with E-state index in [1.54, 1.807) is 30.3 Å². The predicted molar refractivity (Wildman–Crippen MR) is 105 cm³/mol. The normalized spacial score (nSPS) is 23.2. The smallest absolute Gasteiger partial charge is 0.269 e. The highest BCUT2D eigenvalue weighted by Crippen LogP contribution is 2.53. The van der Waals surface area contributed by atoms with Gasteiger partial charge < -0.3 is 19.9 Å². The van der Waals surface area contributed by atoms with E-state index < -0.39 is 12.0 Å². The molecule has 2 heterocycles. The summed E-state index contributed by atoms with van der Waals surface area (Å²) in [5.41, 5.74) is 1.23. The van der Waals surface area contributed by atoms with Gasteiger partial charge in [0.15, 0.2) is 5.78 Å². The number of hydrogen-bond acceptors (Lipinski definition) is 6. The first-order valence-corrected chi connectivity index (χ1v) is 9.69. The minimum absolute atomic E-state index is 0.0505. The first-order valence-electron chi connectivity index (χ1n) is 9.69. The summed E-state index contributed by atoms with van der Waals surface area (Å²) in [5.74, 6) is 1.33. The molecule has 2 N–H and O–H groups in total. The molecule has 7 heteroatoms. The highest BCUT2D eigenvalue weighted by Gasteiger charge is 2.54. The topological polar surface area (TPSA) is 97.8 Å². The van der Waals surface area contributed by atoms with Crippen LogP contribution in [-0.2, 0) is 4.74 Å². The van der Waals surface area contributed by atoms with Crippen LogP contribution in [0, 0.1) is 17.8 Å². The summed E-state index contributed by atoms with van der Waals surface area (Å²) in [4.78, 5) is 29.4. The van der Waals surface area contributed by atoms with Gasteiger partial charge in [-0.1, -0.05) is 18.2 Å². The summed E-state index contributed by atoms with van der Waals surface area (Å²) in [6.07, 6.45) is -0.712. The zero-order chi connectivity index (χ0) is 20.5. The molecular formula is C22H24N2O5. The summed E-state index contributed by atoms with van der Waals surface area (Å²) in [7, 11) is 3.02. The Kier molecular flexibility index (Phi) is 5.34. The highest BCUT2D eigenvalue weighted by atomic mass is 16.5. The third-order valence-electron chi connectivity index (χ3n) is 5.89. The number of carbonyl (C=O) groups excluding carboxylic acids is 2. The third kappa shape index (κ3) is 3.75. The van der Waals surface area contributed by atoms with Crippen LogP contribution in [0.3, 0.4) is 0 Å². The molecule has 0 spiro atoms. The second-order valence-corrected chi connectivity index (χ2v) is 7.55. The van der Waals surface area contributed by atoms with Gasteiger partial charge in [0, 0.05) is 24.6 Å². The van der Waals surface area contributed by atoms with E-state index in [-0.39, 0.29) is 17.2 Å². The van der Waals surface area contributed by atoms with Crippen molar-refractivity contribution in [1.82, 2.24) is 10.3 Å². The van der Waals surface area contributed by atoms with Gasteiger partial charge in [-0.05, 0) is 36.0 Å². The molecule has 1 aromatic heterocycles. The van der Waals surface area contributed by atoms with Crippen LogP contribution in [0.2, 0.25) is 0 Å². The van der Waals surface area contributed by atoms with E-state index in [4.69, 9.17) is 9.47 Å². The molecule has 2 aliphatic rings. The van der Waals surface area contributed by atoms with Gasteiger partial charge in [-0.2, -0.15) is 0 Å². The fraction of sp³-hybridized carbons (Fsp3) is 0.409. The minimum atomic E-state index is -1.13. The van der Waals surface area contributed by atoms with E-state index in [1.807, 2.05) is 0 Å². The molecule has 1 aromatic carbocycles. The second kappa shape index (κ2) is 7.93. The number of para-hydroxylation sites is 1. The Morgan fingerprint density at radius 1 is 1.28 bits per heavy atom. The van der Waals surface area contributed by atoms with Gasteiger partial charge >= 0.3 is 0 Å². The zero-order valence-electron chi connectivity index (χ0n) is 16.4. The van der Waals surface area contributed by atoms with E-state index in [9.17, 15) is 14.7 Å². The molecule has 2 fully saturated rings. The number of nitrogens with one attached hydrogen (secondary N) is 1. The number of rotatable bonds is 7. The van der Waals surface area contributed by atoms with Gasteiger partial charge in [-0.15, -0.1) is 0 Å². The van der Waals surface area contributed by atoms with Crippen molar-refractivity contribution in [3.63, 3.8) is 0 Å². The summed E-state index contributed by atoms with van der Waals surface area (Å²) in [6.45, 7) is 1.44. The quantitative estimate of drug-likeness (QED) is 0.695. The number of benzene rings is 1. The highest BCUT2D eigenvalue weighted by molar-refractivity contribution is 6.00. The first-order chi connectivity index (χ1) is 14.0. The molecular weight excluding hydrogens is 372 g/mol. The summed E-state index contributed by atoms with van der Waals surface area (Å²) in [6, 6.07) is 10.1. The molecule has 1 saturated carbocycles. The lowest BCUT2D eigenvalue weighted by molar-refractivity contribution is 0.0950. The van der Waals surface area contributed by atoms with Crippen molar-refractivity contribution in [2.45, 2.75) is 12.5 Å². The number of nitrogens with zero attached hydrogens (tertiary/aromatic N) is 1. The second-order valence-electron chi connectivity index (χ2n) is 7.55. The SMILES string of the molecule is CNC(=O)c1cc(C(=O)CC2[C@H]3COC[C@@H]23)cc([C@H](O)c2ccccc2OC)n1. The third-order valence-corrected chi connectivity index (χ3v) is 5.89. The van der Waals surface area contributed by atoms with Gasteiger partial charge in [-0.25, -0.2) is 4.98 Å². The first kappa shape index (κ1) is 19.5. The molecule has 1 saturated heterocycles. The number of ether oxygens (including phenoxy) is 2. The van der Waals surface area contributed by atoms with E-state index >= 15 is 0 Å². The van der Waals surface area contributed by atoms with E-state index in [0.717, 1.165) is 13.2 Å². The molecule has 1 amide bonds. The van der Waals surface area contributed by atoms with Gasteiger partial charge in [0.25, 0.3) is 5.91 Å². The Morgan fingerprint density at radius 2 is 2.00 bits per heavy atom. The number of pyridine rings is 1. The molecule has 1 unspecified atom stereocenters. The lowest BCUT2D eigenvalue weighted by Crippen LogP contribution is -2.21. The predicted octanol–water partition coefficient (Wildman–Crippen LogP) is 2.00. The van der Waals surface area contributed by atoms with E-state index in [1.165, 1.54) is 20.2 Å². The monoisotopic (exact) mass is 396 g/mol. The lowest BCUT2D eigenvalue weighted by Gasteiger charge is -2.16. The standard InChI is InChI=1S/C22H24N2O5/c1-23-22(27)18-8-12(19(25)9-14-15-10-29-11-16(14)15)7-17(24-18)21(26)13-5-3-4-6-20(13)28-2/h3-8,14-16,21,26H,9-11H2,1-2H3,(H,23,27)/t14?,15-,16+,21-/m1/s1. The number of Topliss-reactive ketones (excluding diaryl/α,β-unsaturated/α-hetero) is 1. The molecule has 0 radical (unpaired) electrons. The van der Waals surface area contributed by atoms with Crippen molar-refractivity contribution in [3.05, 3.63) is 58.9 Å². The molecule has 1 aliphatic carbocycles. The number of aliphatic hydroxyl groups is 1. The molecule has 0 bridgehead atoms. The van der Waals surface area contributed by atoms with Crippen molar-refractivity contribution < 1.29 is 24.2 Å². The van der Waals surface area contributed by atoms with Crippen LogP contribution in [-0.4, -0.2) is 49.2 Å². The van der Waals surface area contributed by atoms with E-state index in [0.29, 0.717) is 41.1 Å². The van der Waals surface area contributed by atoms with Gasteiger partial charge in [0.05, 0.1) is 26.0 Å². The Morgan fingerprint density at radius 3 is 2.69 bits per heavy atom. The number of ketones is 1. The van der Waals surface area contributed by atoms with Crippen molar-refractivity contribution in [1.29, 1.82) is 0 Å². The molecule has 7 nitrogen and oxygen atoms in total. The largest absolute Gasteiger partial charge is 0.496 e. The average Bonchev–Trinajstić information content (AvgIpc) is 3.17. The zero-order valence-corrected chi connectivity index (χ0v) is 16.4. The number of amides is 1. The average molecular weight is 396 g/mol. The van der Waals surface area contributed by atoms with Crippen LogP contribution in [0.15, 0.2) is 36.4 Å².